The van der Waals surface area contributed by atoms with Gasteiger partial charge in [-0.25, -0.2) is 0 Å². The third kappa shape index (κ3) is 1.11. The molecule has 0 heterocycles. The highest BCUT2D eigenvalue weighted by molar-refractivity contribution is 4.86. The predicted molar refractivity (Wildman–Crippen MR) is 38.4 cm³/mol. The van der Waals surface area contributed by atoms with Crippen LogP contribution in [-0.4, -0.2) is 12.7 Å². The van der Waals surface area contributed by atoms with Crippen molar-refractivity contribution in [3.63, 3.8) is 0 Å². The summed E-state index contributed by atoms with van der Waals surface area (Å²) in [7, 11) is 1.71. The number of methoxy groups -OCH3 is 1. The molecule has 0 unspecified atom stereocenters. The first-order valence-electron chi connectivity index (χ1n) is 4.07. The fourth-order valence-corrected chi connectivity index (χ4v) is 1.44. The van der Waals surface area contributed by atoms with E-state index in [0.29, 0.717) is 0 Å². The molecule has 54 valence electrons. The van der Waals surface area contributed by atoms with Crippen LogP contribution >= 0.6 is 0 Å². The van der Waals surface area contributed by atoms with Crippen LogP contribution in [0.3, 0.4) is 0 Å². The summed E-state index contributed by atoms with van der Waals surface area (Å²) >= 11 is 0. The zero-order valence-electron chi connectivity index (χ0n) is 7.53. The highest BCUT2D eigenvalue weighted by Gasteiger charge is 2.35. The zero-order valence-corrected chi connectivity index (χ0v) is 6.53. The van der Waals surface area contributed by atoms with Crippen molar-refractivity contribution in [1.29, 1.82) is 0 Å². The minimum atomic E-state index is -0.373. The lowest BCUT2D eigenvalue weighted by Crippen LogP contribution is -2.29. The molecule has 0 radical (unpaired) electrons. The molecule has 1 heteroatoms. The van der Waals surface area contributed by atoms with E-state index in [1.807, 2.05) is 13.8 Å². The van der Waals surface area contributed by atoms with Gasteiger partial charge in [-0.1, -0.05) is 13.3 Å². The molecule has 0 bridgehead atoms. The van der Waals surface area contributed by atoms with E-state index in [1.54, 1.807) is 7.11 Å². The van der Waals surface area contributed by atoms with Gasteiger partial charge in [0.25, 0.3) is 0 Å². The van der Waals surface area contributed by atoms with Crippen molar-refractivity contribution in [2.45, 2.75) is 38.7 Å². The van der Waals surface area contributed by atoms with Crippen LogP contribution in [0.25, 0.3) is 0 Å². The highest BCUT2D eigenvalue weighted by atomic mass is 16.5. The van der Waals surface area contributed by atoms with Crippen LogP contribution in [-0.2, 0) is 4.74 Å². The minimum Gasteiger partial charge on any atom is -0.378 e. The van der Waals surface area contributed by atoms with Crippen LogP contribution in [0.5, 0.6) is 0 Å². The molecule has 0 aromatic rings. The first-order valence-corrected chi connectivity index (χ1v) is 3.57. The van der Waals surface area contributed by atoms with Gasteiger partial charge in [0.1, 0.15) is 0 Å². The van der Waals surface area contributed by atoms with E-state index in [1.165, 1.54) is 0 Å². The van der Waals surface area contributed by atoms with Gasteiger partial charge in [0.05, 0.1) is 5.60 Å². The fourth-order valence-electron chi connectivity index (χ4n) is 1.44. The summed E-state index contributed by atoms with van der Waals surface area (Å²) in [5, 5.41) is 0. The summed E-state index contributed by atoms with van der Waals surface area (Å²) < 4.78 is 13.2. The quantitative estimate of drug-likeness (QED) is 0.527. The maximum Gasteiger partial charge on any atom is 0.0676 e. The second-order valence-electron chi connectivity index (χ2n) is 3.07. The first-order chi connectivity index (χ1) is 4.52. The molecule has 0 amide bonds. The molecular formula is C8H16O. The lowest BCUT2D eigenvalue weighted by Gasteiger charge is -2.27. The van der Waals surface area contributed by atoms with Gasteiger partial charge in [-0.15, -0.1) is 0 Å². The van der Waals surface area contributed by atoms with E-state index in [2.05, 4.69) is 0 Å². The van der Waals surface area contributed by atoms with Crippen molar-refractivity contribution >= 4 is 0 Å². The van der Waals surface area contributed by atoms with Gasteiger partial charge in [0.2, 0.25) is 0 Å². The van der Waals surface area contributed by atoms with Crippen LogP contribution in [0.15, 0.2) is 0 Å². The normalized spacial score (nSPS) is 53.4. The Morgan fingerprint density at radius 3 is 2.67 bits per heavy atom. The Morgan fingerprint density at radius 1 is 1.78 bits per heavy atom. The van der Waals surface area contributed by atoms with Gasteiger partial charge in [-0.2, -0.15) is 0 Å². The van der Waals surface area contributed by atoms with Crippen LogP contribution in [0.1, 0.15) is 34.5 Å². The molecule has 0 spiro atoms. The Morgan fingerprint density at radius 2 is 2.44 bits per heavy atom. The molecule has 0 saturated heterocycles. The van der Waals surface area contributed by atoms with E-state index >= 15 is 0 Å². The van der Waals surface area contributed by atoms with Crippen molar-refractivity contribution in [2.24, 2.45) is 5.89 Å². The summed E-state index contributed by atoms with van der Waals surface area (Å²) in [6.07, 6.45) is 3.13. The Balaban J connectivity index is 2.76. The lowest BCUT2D eigenvalue weighted by molar-refractivity contribution is -0.0196. The van der Waals surface area contributed by atoms with Gasteiger partial charge >= 0.3 is 0 Å². The van der Waals surface area contributed by atoms with Crippen molar-refractivity contribution in [2.75, 3.05) is 7.11 Å². The molecule has 0 aromatic carbocycles. The van der Waals surface area contributed by atoms with E-state index < -0.39 is 0 Å². The Hall–Kier alpha value is -0.0400. The first kappa shape index (κ1) is 5.72. The Kier molecular flexibility index (Phi) is 1.46. The molecule has 0 aliphatic heterocycles. The smallest absolute Gasteiger partial charge is 0.0676 e. The van der Waals surface area contributed by atoms with E-state index in [0.717, 1.165) is 19.3 Å². The van der Waals surface area contributed by atoms with Gasteiger partial charge in [-0.05, 0) is 25.7 Å². The lowest BCUT2D eigenvalue weighted by atomic mass is 9.95. The van der Waals surface area contributed by atoms with E-state index in [-0.39, 0.29) is 11.5 Å². The van der Waals surface area contributed by atoms with Crippen LogP contribution in [0.4, 0.5) is 0 Å². The zero-order chi connectivity index (χ0) is 7.83. The van der Waals surface area contributed by atoms with Crippen molar-refractivity contribution in [3.8, 4) is 0 Å². The summed E-state index contributed by atoms with van der Waals surface area (Å²) in [4.78, 5) is 0. The van der Waals surface area contributed by atoms with Gasteiger partial charge in [0, 0.05) is 8.48 Å². The SMILES string of the molecule is [2H][C@]1(C)CCC[C@]1(C)OC. The number of ether oxygens (including phenoxy) is 1. The second kappa shape index (κ2) is 2.30. The molecule has 1 nitrogen and oxygen atoms in total. The molecule has 1 rings (SSSR count). The molecule has 1 fully saturated rings. The fraction of sp³-hybridized carbons (Fsp3) is 1.00. The average Bonchev–Trinajstić information content (AvgIpc) is 2.10. The molecule has 0 aromatic heterocycles. The molecule has 1 aliphatic rings. The molecule has 1 saturated carbocycles. The summed E-state index contributed by atoms with van der Waals surface area (Å²) in [6, 6.07) is 0. The maximum atomic E-state index is 7.92. The standard InChI is InChI=1S/C8H16O/c1-7-5-4-6-8(7,2)9-3/h7H,4-6H2,1-3H3/t7-,8-/m0/s1/i7D. The van der Waals surface area contributed by atoms with Crippen molar-refractivity contribution < 1.29 is 6.11 Å². The highest BCUT2D eigenvalue weighted by Crippen LogP contribution is 2.37. The minimum absolute atomic E-state index is 0.201. The average molecular weight is 129 g/mol. The van der Waals surface area contributed by atoms with Crippen LogP contribution < -0.4 is 0 Å². The molecule has 9 heavy (non-hydrogen) atoms. The van der Waals surface area contributed by atoms with Gasteiger partial charge in [-0.3, -0.25) is 0 Å². The third-order valence-corrected chi connectivity index (χ3v) is 2.56. The monoisotopic (exact) mass is 129 g/mol. The summed E-state index contributed by atoms with van der Waals surface area (Å²) in [5.41, 5.74) is -0.201. The Bertz CT molecular complexity index is 133. The predicted octanol–water partition coefficient (Wildman–Crippen LogP) is 2.21. The van der Waals surface area contributed by atoms with Crippen molar-refractivity contribution in [3.05, 3.63) is 0 Å². The molecule has 1 aliphatic carbocycles. The molecular weight excluding hydrogens is 112 g/mol. The topological polar surface area (TPSA) is 9.23 Å². The maximum absolute atomic E-state index is 7.92. The summed E-state index contributed by atoms with van der Waals surface area (Å²) in [5.74, 6) is -0.373. The number of hydrogen-bond donors (Lipinski definition) is 0. The Labute approximate surface area is 58.8 Å². The number of rotatable bonds is 1. The van der Waals surface area contributed by atoms with Gasteiger partial charge in [0.15, 0.2) is 0 Å². The molecule has 2 atom stereocenters. The van der Waals surface area contributed by atoms with Crippen LogP contribution in [0.2, 0.25) is 0 Å². The van der Waals surface area contributed by atoms with E-state index in [9.17, 15) is 0 Å². The van der Waals surface area contributed by atoms with Gasteiger partial charge < -0.3 is 4.74 Å². The number of hydrogen-bond acceptors (Lipinski definition) is 1. The van der Waals surface area contributed by atoms with Crippen molar-refractivity contribution in [1.82, 2.24) is 0 Å². The largest absolute Gasteiger partial charge is 0.378 e. The van der Waals surface area contributed by atoms with Crippen LogP contribution in [0, 0.1) is 5.89 Å². The second-order valence-corrected chi connectivity index (χ2v) is 3.07. The van der Waals surface area contributed by atoms with E-state index in [4.69, 9.17) is 6.11 Å². The third-order valence-electron chi connectivity index (χ3n) is 2.56. The molecule has 0 N–H and O–H groups in total. The summed E-state index contributed by atoms with van der Waals surface area (Å²) in [6.45, 7) is 4.00.